The Morgan fingerprint density at radius 3 is 2.35 bits per heavy atom. The lowest BCUT2D eigenvalue weighted by Gasteiger charge is -2.20. The van der Waals surface area contributed by atoms with Crippen LogP contribution in [0.1, 0.15) is 13.8 Å². The van der Waals surface area contributed by atoms with E-state index >= 15 is 0 Å². The van der Waals surface area contributed by atoms with Gasteiger partial charge in [0.25, 0.3) is 0 Å². The van der Waals surface area contributed by atoms with Gasteiger partial charge in [0.2, 0.25) is 5.91 Å². The maximum atomic E-state index is 13.8. The van der Waals surface area contributed by atoms with Crippen LogP contribution in [-0.4, -0.2) is 18.3 Å². The predicted molar refractivity (Wildman–Crippen MR) is 92.5 cm³/mol. The Hall–Kier alpha value is -2.01. The monoisotopic (exact) mass is 333 g/mol. The molecular formula is C18H20FNO2S. The van der Waals surface area contributed by atoms with E-state index in [4.69, 9.17) is 4.74 Å². The van der Waals surface area contributed by atoms with E-state index in [0.717, 1.165) is 5.75 Å². The van der Waals surface area contributed by atoms with Crippen LogP contribution in [-0.2, 0) is 4.79 Å². The molecule has 23 heavy (non-hydrogen) atoms. The van der Waals surface area contributed by atoms with Crippen LogP contribution < -0.4 is 10.1 Å². The summed E-state index contributed by atoms with van der Waals surface area (Å²) in [6, 6.07) is 13.6. The molecule has 0 spiro atoms. The molecule has 0 aliphatic carbocycles. The quantitative estimate of drug-likeness (QED) is 0.786. The fraction of sp³-hybridized carbons (Fsp3) is 0.278. The molecule has 0 radical (unpaired) electrons. The van der Waals surface area contributed by atoms with Gasteiger partial charge in [0.1, 0.15) is 11.6 Å². The number of ether oxygens (including phenoxy) is 1. The molecule has 3 nitrogen and oxygen atoms in total. The molecule has 2 aromatic rings. The number of methoxy groups -OCH3 is 1. The average molecular weight is 333 g/mol. The van der Waals surface area contributed by atoms with Crippen molar-refractivity contribution in [2.75, 3.05) is 12.4 Å². The first-order valence-electron chi connectivity index (χ1n) is 7.37. The van der Waals surface area contributed by atoms with Gasteiger partial charge in [0.05, 0.1) is 12.4 Å². The van der Waals surface area contributed by atoms with E-state index < -0.39 is 0 Å². The number of anilines is 1. The van der Waals surface area contributed by atoms with Crippen molar-refractivity contribution in [2.45, 2.75) is 24.0 Å². The number of hydrogen-bond donors (Lipinski definition) is 1. The van der Waals surface area contributed by atoms with Crippen molar-refractivity contribution >= 4 is 23.4 Å². The molecule has 0 heterocycles. The largest absolute Gasteiger partial charge is 0.497 e. The zero-order valence-corrected chi connectivity index (χ0v) is 14.2. The van der Waals surface area contributed by atoms with E-state index in [1.165, 1.54) is 17.8 Å². The van der Waals surface area contributed by atoms with Crippen molar-refractivity contribution in [1.82, 2.24) is 0 Å². The van der Waals surface area contributed by atoms with Crippen LogP contribution in [0, 0.1) is 11.7 Å². The topological polar surface area (TPSA) is 38.3 Å². The molecule has 0 aliphatic rings. The van der Waals surface area contributed by atoms with Gasteiger partial charge in [-0.1, -0.05) is 26.0 Å². The van der Waals surface area contributed by atoms with Crippen molar-refractivity contribution in [2.24, 2.45) is 5.92 Å². The second-order valence-electron chi connectivity index (χ2n) is 5.43. The summed E-state index contributed by atoms with van der Waals surface area (Å²) in [5.74, 6) is 0.348. The molecule has 1 unspecified atom stereocenters. The maximum Gasteiger partial charge on any atom is 0.238 e. The van der Waals surface area contributed by atoms with Crippen molar-refractivity contribution in [3.05, 3.63) is 54.3 Å². The highest BCUT2D eigenvalue weighted by Gasteiger charge is 2.24. The fourth-order valence-corrected chi connectivity index (χ4v) is 3.11. The Morgan fingerprint density at radius 1 is 1.13 bits per heavy atom. The summed E-state index contributed by atoms with van der Waals surface area (Å²) in [5, 5.41) is 2.50. The molecule has 0 aliphatic heterocycles. The molecule has 0 saturated carbocycles. The fourth-order valence-electron chi connectivity index (χ4n) is 2.06. The maximum absolute atomic E-state index is 13.8. The van der Waals surface area contributed by atoms with E-state index in [2.05, 4.69) is 5.32 Å². The van der Waals surface area contributed by atoms with Crippen molar-refractivity contribution < 1.29 is 13.9 Å². The molecule has 0 aromatic heterocycles. The zero-order valence-electron chi connectivity index (χ0n) is 13.4. The Balaban J connectivity index is 2.10. The Kier molecular flexibility index (Phi) is 6.04. The van der Waals surface area contributed by atoms with E-state index in [9.17, 15) is 9.18 Å². The third kappa shape index (κ3) is 4.73. The molecule has 0 bridgehead atoms. The normalized spacial score (nSPS) is 12.0. The first-order chi connectivity index (χ1) is 11.0. The predicted octanol–water partition coefficient (Wildman–Crippen LogP) is 4.59. The summed E-state index contributed by atoms with van der Waals surface area (Å²) in [6.07, 6.45) is 0. The Bertz CT molecular complexity index is 658. The number of carbonyl (C=O) groups is 1. The van der Waals surface area contributed by atoms with Crippen molar-refractivity contribution in [3.63, 3.8) is 0 Å². The molecule has 1 atom stereocenters. The van der Waals surface area contributed by atoms with Crippen LogP contribution >= 0.6 is 11.8 Å². The van der Waals surface area contributed by atoms with Crippen LogP contribution in [0.5, 0.6) is 5.75 Å². The highest BCUT2D eigenvalue weighted by Crippen LogP contribution is 2.31. The minimum atomic E-state index is -0.381. The number of thioether (sulfide) groups is 1. The van der Waals surface area contributed by atoms with Gasteiger partial charge in [-0.15, -0.1) is 11.8 Å². The second kappa shape index (κ2) is 8.02. The number of benzene rings is 2. The number of rotatable bonds is 6. The number of amides is 1. The minimum absolute atomic E-state index is 0.0675. The molecule has 2 rings (SSSR count). The van der Waals surface area contributed by atoms with E-state index in [1.807, 2.05) is 13.8 Å². The van der Waals surface area contributed by atoms with Gasteiger partial charge in [-0.25, -0.2) is 4.39 Å². The first-order valence-corrected chi connectivity index (χ1v) is 8.25. The second-order valence-corrected chi connectivity index (χ2v) is 6.61. The summed E-state index contributed by atoms with van der Waals surface area (Å²) in [5.41, 5.74) is 0.690. The van der Waals surface area contributed by atoms with Gasteiger partial charge in [-0.05, 0) is 42.3 Å². The standard InChI is InChI=1S/C18H20FNO2S/c1-12(2)17(23-16-7-5-4-6-15(16)19)18(21)20-13-8-10-14(22-3)11-9-13/h4-12,17H,1-3H3,(H,20,21). The summed E-state index contributed by atoms with van der Waals surface area (Å²) in [4.78, 5) is 13.0. The van der Waals surface area contributed by atoms with E-state index in [0.29, 0.717) is 10.6 Å². The van der Waals surface area contributed by atoms with Gasteiger partial charge in [-0.2, -0.15) is 0 Å². The third-order valence-corrected chi connectivity index (χ3v) is 4.91. The SMILES string of the molecule is COc1ccc(NC(=O)C(Sc2ccccc2F)C(C)C)cc1. The van der Waals surface area contributed by atoms with Crippen molar-refractivity contribution in [1.29, 1.82) is 0 Å². The van der Waals surface area contributed by atoms with Gasteiger partial charge >= 0.3 is 0 Å². The highest BCUT2D eigenvalue weighted by molar-refractivity contribution is 8.00. The zero-order chi connectivity index (χ0) is 16.8. The van der Waals surface area contributed by atoms with Crippen LogP contribution in [0.15, 0.2) is 53.4 Å². The molecule has 1 N–H and O–H groups in total. The van der Waals surface area contributed by atoms with Crippen molar-refractivity contribution in [3.8, 4) is 5.75 Å². The molecule has 5 heteroatoms. The number of carbonyl (C=O) groups excluding carboxylic acids is 1. The van der Waals surface area contributed by atoms with E-state index in [-0.39, 0.29) is 22.9 Å². The summed E-state index contributed by atoms with van der Waals surface area (Å²) in [6.45, 7) is 3.90. The molecule has 0 saturated heterocycles. The number of halogens is 1. The van der Waals surface area contributed by atoms with Crippen LogP contribution in [0.2, 0.25) is 0 Å². The molecule has 122 valence electrons. The summed E-state index contributed by atoms with van der Waals surface area (Å²) >= 11 is 1.25. The highest BCUT2D eigenvalue weighted by atomic mass is 32.2. The lowest BCUT2D eigenvalue weighted by atomic mass is 10.1. The van der Waals surface area contributed by atoms with Gasteiger partial charge < -0.3 is 10.1 Å². The first kappa shape index (κ1) is 17.3. The number of hydrogen-bond acceptors (Lipinski definition) is 3. The lowest BCUT2D eigenvalue weighted by molar-refractivity contribution is -0.116. The molecule has 0 fully saturated rings. The third-order valence-electron chi connectivity index (χ3n) is 3.31. The lowest BCUT2D eigenvalue weighted by Crippen LogP contribution is -2.29. The number of nitrogens with one attached hydrogen (secondary N) is 1. The molecular weight excluding hydrogens is 313 g/mol. The summed E-state index contributed by atoms with van der Waals surface area (Å²) in [7, 11) is 1.59. The Labute approximate surface area is 140 Å². The Morgan fingerprint density at radius 2 is 1.78 bits per heavy atom. The average Bonchev–Trinajstić information content (AvgIpc) is 2.54. The van der Waals surface area contributed by atoms with Gasteiger partial charge in [0, 0.05) is 10.6 Å². The molecule has 1 amide bonds. The van der Waals surface area contributed by atoms with Crippen LogP contribution in [0.3, 0.4) is 0 Å². The van der Waals surface area contributed by atoms with Gasteiger partial charge in [0.15, 0.2) is 0 Å². The van der Waals surface area contributed by atoms with Crippen LogP contribution in [0.4, 0.5) is 10.1 Å². The summed E-state index contributed by atoms with van der Waals surface area (Å²) < 4.78 is 18.9. The van der Waals surface area contributed by atoms with E-state index in [1.54, 1.807) is 49.6 Å². The smallest absolute Gasteiger partial charge is 0.238 e. The minimum Gasteiger partial charge on any atom is -0.497 e. The van der Waals surface area contributed by atoms with Crippen LogP contribution in [0.25, 0.3) is 0 Å². The molecule has 2 aromatic carbocycles. The van der Waals surface area contributed by atoms with Gasteiger partial charge in [-0.3, -0.25) is 4.79 Å².